The Labute approximate surface area is 164 Å². The van der Waals surface area contributed by atoms with Crippen LogP contribution in [0.1, 0.15) is 31.0 Å². The molecule has 0 amide bonds. The van der Waals surface area contributed by atoms with E-state index in [4.69, 9.17) is 4.98 Å². The third-order valence-electron chi connectivity index (χ3n) is 4.54. The van der Waals surface area contributed by atoms with Crippen LogP contribution in [0.3, 0.4) is 0 Å². The summed E-state index contributed by atoms with van der Waals surface area (Å²) in [7, 11) is 0. The van der Waals surface area contributed by atoms with Crippen LogP contribution in [0.25, 0.3) is 0 Å². The van der Waals surface area contributed by atoms with Crippen molar-refractivity contribution in [2.24, 2.45) is 4.99 Å². The maximum Gasteiger partial charge on any atom is 0.191 e. The first-order valence-corrected chi connectivity index (χ1v) is 10.6. The first-order chi connectivity index (χ1) is 13.3. The molecule has 146 valence electrons. The standard InChI is InChI=1S/C20H28FN5S/c1-2-22-19(23-11-9-16-7-3-4-8-18(16)21)24-12-10-17-15-27-20(25-17)26-13-5-6-14-26/h3-4,7-8,15H,2,5-6,9-14H2,1H3,(H2,22,23,24). The molecule has 5 nitrogen and oxygen atoms in total. The summed E-state index contributed by atoms with van der Waals surface area (Å²) < 4.78 is 13.7. The van der Waals surface area contributed by atoms with E-state index in [2.05, 4.69) is 25.9 Å². The van der Waals surface area contributed by atoms with E-state index < -0.39 is 0 Å². The van der Waals surface area contributed by atoms with Crippen molar-refractivity contribution in [3.05, 3.63) is 46.7 Å². The lowest BCUT2D eigenvalue weighted by molar-refractivity contribution is 0.606. The topological polar surface area (TPSA) is 52.6 Å². The van der Waals surface area contributed by atoms with Crippen molar-refractivity contribution in [1.29, 1.82) is 0 Å². The van der Waals surface area contributed by atoms with E-state index in [1.165, 1.54) is 18.9 Å². The van der Waals surface area contributed by atoms with E-state index in [0.29, 0.717) is 19.5 Å². The van der Waals surface area contributed by atoms with Gasteiger partial charge in [0.1, 0.15) is 5.82 Å². The lowest BCUT2D eigenvalue weighted by Gasteiger charge is -2.12. The van der Waals surface area contributed by atoms with Gasteiger partial charge in [0.05, 0.1) is 5.69 Å². The van der Waals surface area contributed by atoms with E-state index >= 15 is 0 Å². The van der Waals surface area contributed by atoms with Crippen LogP contribution in [0.15, 0.2) is 34.6 Å². The zero-order chi connectivity index (χ0) is 18.9. The van der Waals surface area contributed by atoms with Gasteiger partial charge in [0.15, 0.2) is 11.1 Å². The number of rotatable bonds is 8. The molecule has 1 saturated heterocycles. The number of nitrogens with zero attached hydrogens (tertiary/aromatic N) is 3. The molecule has 0 atom stereocenters. The number of benzene rings is 1. The van der Waals surface area contributed by atoms with E-state index in [1.807, 2.05) is 19.1 Å². The molecule has 0 unspecified atom stereocenters. The summed E-state index contributed by atoms with van der Waals surface area (Å²) >= 11 is 1.73. The monoisotopic (exact) mass is 389 g/mol. The minimum absolute atomic E-state index is 0.154. The minimum atomic E-state index is -0.154. The Morgan fingerprint density at radius 2 is 2.04 bits per heavy atom. The molecule has 1 aliphatic rings. The van der Waals surface area contributed by atoms with Gasteiger partial charge in [0.25, 0.3) is 0 Å². The third-order valence-corrected chi connectivity index (χ3v) is 5.49. The first-order valence-electron chi connectivity index (χ1n) is 9.71. The quantitative estimate of drug-likeness (QED) is 0.538. The van der Waals surface area contributed by atoms with Gasteiger partial charge in [-0.25, -0.2) is 9.37 Å². The van der Waals surface area contributed by atoms with Crippen LogP contribution >= 0.6 is 11.3 Å². The van der Waals surface area contributed by atoms with E-state index in [0.717, 1.165) is 48.4 Å². The number of anilines is 1. The normalized spacial score (nSPS) is 14.6. The Morgan fingerprint density at radius 3 is 2.81 bits per heavy atom. The number of aliphatic imine (C=N–C) groups is 1. The Hall–Kier alpha value is -2.15. The Balaban J connectivity index is 1.46. The van der Waals surface area contributed by atoms with Crippen molar-refractivity contribution in [3.63, 3.8) is 0 Å². The van der Waals surface area contributed by atoms with Crippen molar-refractivity contribution in [2.45, 2.75) is 32.6 Å². The first kappa shape index (κ1) is 19.6. The minimum Gasteiger partial charge on any atom is -0.357 e. The van der Waals surface area contributed by atoms with Crippen molar-refractivity contribution >= 4 is 22.4 Å². The van der Waals surface area contributed by atoms with Gasteiger partial charge >= 0.3 is 0 Å². The SMILES string of the molecule is CCNC(=NCCc1csc(N2CCCC2)n1)NCCc1ccccc1F. The molecule has 0 saturated carbocycles. The van der Waals surface area contributed by atoms with Gasteiger partial charge in [-0.3, -0.25) is 4.99 Å². The molecular weight excluding hydrogens is 361 g/mol. The fourth-order valence-electron chi connectivity index (χ4n) is 3.11. The highest BCUT2D eigenvalue weighted by molar-refractivity contribution is 7.13. The van der Waals surface area contributed by atoms with Crippen LogP contribution in [0.5, 0.6) is 0 Å². The fraction of sp³-hybridized carbons (Fsp3) is 0.500. The molecule has 2 heterocycles. The van der Waals surface area contributed by atoms with Gasteiger partial charge in [-0.1, -0.05) is 18.2 Å². The molecule has 2 N–H and O–H groups in total. The zero-order valence-electron chi connectivity index (χ0n) is 15.9. The van der Waals surface area contributed by atoms with Crippen molar-refractivity contribution in [3.8, 4) is 0 Å². The van der Waals surface area contributed by atoms with Crippen LogP contribution in [-0.2, 0) is 12.8 Å². The Morgan fingerprint density at radius 1 is 1.22 bits per heavy atom. The molecular formula is C20H28FN5S. The maximum atomic E-state index is 13.7. The maximum absolute atomic E-state index is 13.7. The molecule has 0 aliphatic carbocycles. The number of nitrogens with one attached hydrogen (secondary N) is 2. The van der Waals surface area contributed by atoms with E-state index in [9.17, 15) is 4.39 Å². The summed E-state index contributed by atoms with van der Waals surface area (Å²) in [6.45, 7) is 6.40. The molecule has 1 fully saturated rings. The number of guanidine groups is 1. The third kappa shape index (κ3) is 5.92. The van der Waals surface area contributed by atoms with Gasteiger partial charge < -0.3 is 15.5 Å². The highest BCUT2D eigenvalue weighted by Gasteiger charge is 2.15. The molecule has 2 aromatic rings. The molecule has 27 heavy (non-hydrogen) atoms. The molecule has 0 spiro atoms. The number of hydrogen-bond donors (Lipinski definition) is 2. The number of aromatic nitrogens is 1. The van der Waals surface area contributed by atoms with Gasteiger partial charge in [0, 0.05) is 44.5 Å². The summed E-state index contributed by atoms with van der Waals surface area (Å²) in [5.74, 6) is 0.613. The largest absolute Gasteiger partial charge is 0.357 e. The lowest BCUT2D eigenvalue weighted by atomic mass is 10.1. The van der Waals surface area contributed by atoms with Crippen molar-refractivity contribution in [2.75, 3.05) is 37.6 Å². The highest BCUT2D eigenvalue weighted by Crippen LogP contribution is 2.24. The summed E-state index contributed by atoms with van der Waals surface area (Å²) in [5.41, 5.74) is 1.82. The van der Waals surface area contributed by atoms with E-state index in [-0.39, 0.29) is 5.82 Å². The molecule has 3 rings (SSSR count). The summed E-state index contributed by atoms with van der Waals surface area (Å²) in [5, 5.41) is 9.80. The molecule has 1 aromatic heterocycles. The molecule has 0 radical (unpaired) electrons. The van der Waals surface area contributed by atoms with Crippen LogP contribution in [-0.4, -0.2) is 43.7 Å². The predicted octanol–water partition coefficient (Wildman–Crippen LogP) is 3.22. The van der Waals surface area contributed by atoms with Gasteiger partial charge in [0.2, 0.25) is 0 Å². The van der Waals surface area contributed by atoms with E-state index in [1.54, 1.807) is 17.4 Å². The second kappa shape index (κ2) is 10.3. The van der Waals surface area contributed by atoms with Gasteiger partial charge in [-0.2, -0.15) is 0 Å². The fourth-order valence-corrected chi connectivity index (χ4v) is 4.02. The smallest absolute Gasteiger partial charge is 0.191 e. The molecule has 1 aliphatic heterocycles. The number of hydrogen-bond acceptors (Lipinski definition) is 4. The summed E-state index contributed by atoms with van der Waals surface area (Å²) in [4.78, 5) is 11.7. The van der Waals surface area contributed by atoms with Crippen molar-refractivity contribution < 1.29 is 4.39 Å². The highest BCUT2D eigenvalue weighted by atomic mass is 32.1. The average Bonchev–Trinajstić information content (AvgIpc) is 3.35. The average molecular weight is 390 g/mol. The predicted molar refractivity (Wildman–Crippen MR) is 111 cm³/mol. The van der Waals surface area contributed by atoms with Crippen LogP contribution in [0.4, 0.5) is 9.52 Å². The molecule has 0 bridgehead atoms. The number of halogens is 1. The summed E-state index contributed by atoms with van der Waals surface area (Å²) in [6.07, 6.45) is 3.99. The van der Waals surface area contributed by atoms with Crippen LogP contribution < -0.4 is 15.5 Å². The van der Waals surface area contributed by atoms with Gasteiger partial charge in [-0.05, 0) is 37.8 Å². The Bertz CT molecular complexity index is 739. The van der Waals surface area contributed by atoms with Crippen molar-refractivity contribution in [1.82, 2.24) is 15.6 Å². The van der Waals surface area contributed by atoms with Gasteiger partial charge in [-0.15, -0.1) is 11.3 Å². The van der Waals surface area contributed by atoms with Crippen LogP contribution in [0.2, 0.25) is 0 Å². The summed E-state index contributed by atoms with van der Waals surface area (Å²) in [6, 6.07) is 6.90. The second-order valence-electron chi connectivity index (χ2n) is 6.59. The zero-order valence-corrected chi connectivity index (χ0v) is 16.7. The number of thiazole rings is 1. The van der Waals surface area contributed by atoms with Crippen LogP contribution in [0, 0.1) is 5.82 Å². The Kier molecular flexibility index (Phi) is 7.45. The molecule has 7 heteroatoms. The molecule has 1 aromatic carbocycles. The second-order valence-corrected chi connectivity index (χ2v) is 7.43. The lowest BCUT2D eigenvalue weighted by Crippen LogP contribution is -2.38.